The van der Waals surface area contributed by atoms with Crippen molar-refractivity contribution in [1.82, 2.24) is 0 Å². The fourth-order valence-electron chi connectivity index (χ4n) is 0. The topological polar surface area (TPSA) is 49.1 Å². The van der Waals surface area contributed by atoms with Crippen molar-refractivity contribution in [1.29, 1.82) is 0 Å². The minimum Gasteiger partial charge on any atom is -0.851 e. The molecule has 2 unspecified atom stereocenters. The molecule has 0 radical (unpaired) electrons. The molecule has 2 atom stereocenters. The molecular weight excluding hydrogens is 78.0 g/mol. The highest BCUT2D eigenvalue weighted by Gasteiger charge is 1.87. The van der Waals surface area contributed by atoms with E-state index in [2.05, 4.69) is 0 Å². The first-order valence-electron chi connectivity index (χ1n) is 2.06. The Balaban J connectivity index is 2.99. The number of nitrogens with two attached hydrogens (primary N) is 1. The molecule has 6 heavy (non-hydrogen) atoms. The van der Waals surface area contributed by atoms with Crippen LogP contribution >= 0.6 is 0 Å². The Bertz CT molecular complexity index is 28.5. The molecule has 0 bridgehead atoms. The van der Waals surface area contributed by atoms with Crippen molar-refractivity contribution >= 4 is 0 Å². The molecule has 38 valence electrons. The summed E-state index contributed by atoms with van der Waals surface area (Å²) in [5.41, 5.74) is 5.12. The maximum atomic E-state index is 10.1. The van der Waals surface area contributed by atoms with E-state index in [4.69, 9.17) is 5.73 Å². The first-order valence-corrected chi connectivity index (χ1v) is 2.06. The average molecular weight is 88.1 g/mol. The van der Waals surface area contributed by atoms with E-state index >= 15 is 0 Å². The maximum absolute atomic E-state index is 10.1. The molecule has 2 N–H and O–H groups in total. The van der Waals surface area contributed by atoms with Gasteiger partial charge in [-0.3, -0.25) is 0 Å². The summed E-state index contributed by atoms with van der Waals surface area (Å²) in [6.07, 6.45) is -0.620. The monoisotopic (exact) mass is 88.1 g/mol. The van der Waals surface area contributed by atoms with Crippen LogP contribution < -0.4 is 10.8 Å². The van der Waals surface area contributed by atoms with Crippen LogP contribution in [-0.4, -0.2) is 12.1 Å². The van der Waals surface area contributed by atoms with E-state index in [9.17, 15) is 5.11 Å². The number of hydrogen-bond donors (Lipinski definition) is 1. The second-order valence-corrected chi connectivity index (χ2v) is 1.56. The smallest absolute Gasteiger partial charge is 0.0117 e. The van der Waals surface area contributed by atoms with Crippen LogP contribution in [0.15, 0.2) is 0 Å². The number of hydrogen-bond acceptors (Lipinski definition) is 2. The fraction of sp³-hybridized carbons (Fsp3) is 1.00. The summed E-state index contributed by atoms with van der Waals surface area (Å²) in [5, 5.41) is 10.1. The van der Waals surface area contributed by atoms with E-state index in [1.54, 1.807) is 13.8 Å². The Hall–Kier alpha value is -0.0800. The van der Waals surface area contributed by atoms with Gasteiger partial charge in [-0.25, -0.2) is 0 Å². The second kappa shape index (κ2) is 2.16. The second-order valence-electron chi connectivity index (χ2n) is 1.56. The van der Waals surface area contributed by atoms with Crippen molar-refractivity contribution in [2.24, 2.45) is 5.73 Å². The molecule has 0 fully saturated rings. The van der Waals surface area contributed by atoms with Crippen LogP contribution in [0.2, 0.25) is 0 Å². The normalized spacial score (nSPS) is 20.0. The highest BCUT2D eigenvalue weighted by atomic mass is 16.3. The standard InChI is InChI=1S/C4H10NO/c1-3(5)4(2)6/h3-4H,5H2,1-2H3/q-1. The molecule has 0 aliphatic heterocycles. The molecule has 0 aromatic carbocycles. The number of rotatable bonds is 1. The summed E-state index contributed by atoms with van der Waals surface area (Å²) in [6, 6.07) is -0.204. The van der Waals surface area contributed by atoms with Gasteiger partial charge in [-0.1, -0.05) is 13.8 Å². The van der Waals surface area contributed by atoms with Crippen molar-refractivity contribution in [3.05, 3.63) is 0 Å². The Morgan fingerprint density at radius 1 is 1.50 bits per heavy atom. The van der Waals surface area contributed by atoms with E-state index in [1.807, 2.05) is 0 Å². The van der Waals surface area contributed by atoms with Gasteiger partial charge in [0.25, 0.3) is 0 Å². The quantitative estimate of drug-likeness (QED) is 0.450. The first kappa shape index (κ1) is 5.92. The molecule has 0 amide bonds. The van der Waals surface area contributed by atoms with Gasteiger partial charge >= 0.3 is 0 Å². The zero-order chi connectivity index (χ0) is 5.15. The fourth-order valence-corrected chi connectivity index (χ4v) is 0. The summed E-state index contributed by atoms with van der Waals surface area (Å²) in [4.78, 5) is 0. The Labute approximate surface area is 38.0 Å². The van der Waals surface area contributed by atoms with Crippen LogP contribution in [0.3, 0.4) is 0 Å². The highest BCUT2D eigenvalue weighted by Crippen LogP contribution is 1.76. The molecule has 2 nitrogen and oxygen atoms in total. The minimum absolute atomic E-state index is 0.204. The van der Waals surface area contributed by atoms with Gasteiger partial charge in [0.05, 0.1) is 0 Å². The van der Waals surface area contributed by atoms with Crippen molar-refractivity contribution in [3.63, 3.8) is 0 Å². The highest BCUT2D eigenvalue weighted by molar-refractivity contribution is 4.55. The molecule has 0 saturated carbocycles. The SMILES string of the molecule is CC(N)C(C)[O-]. The zero-order valence-electron chi connectivity index (χ0n) is 4.14. The van der Waals surface area contributed by atoms with Gasteiger partial charge in [0, 0.05) is 0 Å². The van der Waals surface area contributed by atoms with E-state index in [1.165, 1.54) is 0 Å². The van der Waals surface area contributed by atoms with Gasteiger partial charge in [0.2, 0.25) is 0 Å². The Kier molecular flexibility index (Phi) is 2.13. The summed E-state index contributed by atoms with van der Waals surface area (Å²) in [6.45, 7) is 3.27. The molecule has 0 spiro atoms. The van der Waals surface area contributed by atoms with Crippen LogP contribution in [0.4, 0.5) is 0 Å². The predicted octanol–water partition coefficient (Wildman–Crippen LogP) is -0.918. The van der Waals surface area contributed by atoms with Crippen LogP contribution in [0, 0.1) is 0 Å². The summed E-state index contributed by atoms with van der Waals surface area (Å²) in [7, 11) is 0. The van der Waals surface area contributed by atoms with Crippen LogP contribution in [0.5, 0.6) is 0 Å². The van der Waals surface area contributed by atoms with Crippen molar-refractivity contribution in [2.45, 2.75) is 26.0 Å². The molecule has 0 aliphatic carbocycles. The molecule has 2 heteroatoms. The molecule has 0 aromatic rings. The van der Waals surface area contributed by atoms with Gasteiger partial charge in [-0.15, -0.1) is 6.10 Å². The third-order valence-electron chi connectivity index (χ3n) is 0.740. The zero-order valence-corrected chi connectivity index (χ0v) is 4.14. The average Bonchev–Trinajstić information content (AvgIpc) is 1.36. The van der Waals surface area contributed by atoms with Gasteiger partial charge in [-0.05, 0) is 6.04 Å². The Morgan fingerprint density at radius 3 is 1.67 bits per heavy atom. The third kappa shape index (κ3) is 2.18. The van der Waals surface area contributed by atoms with Crippen molar-refractivity contribution in [3.8, 4) is 0 Å². The van der Waals surface area contributed by atoms with Gasteiger partial charge in [0.1, 0.15) is 0 Å². The van der Waals surface area contributed by atoms with Gasteiger partial charge < -0.3 is 10.8 Å². The maximum Gasteiger partial charge on any atom is -0.0117 e. The first-order chi connectivity index (χ1) is 2.64. The summed E-state index contributed by atoms with van der Waals surface area (Å²) >= 11 is 0. The van der Waals surface area contributed by atoms with E-state index in [0.29, 0.717) is 0 Å². The van der Waals surface area contributed by atoms with Crippen molar-refractivity contribution in [2.75, 3.05) is 0 Å². The largest absolute Gasteiger partial charge is 0.851 e. The molecular formula is C4H10NO-. The molecule has 0 rings (SSSR count). The Morgan fingerprint density at radius 2 is 1.67 bits per heavy atom. The lowest BCUT2D eigenvalue weighted by Gasteiger charge is -2.19. The lowest BCUT2D eigenvalue weighted by atomic mass is 10.2. The third-order valence-corrected chi connectivity index (χ3v) is 0.740. The van der Waals surface area contributed by atoms with Crippen molar-refractivity contribution < 1.29 is 5.11 Å². The van der Waals surface area contributed by atoms with Gasteiger partial charge in [0.15, 0.2) is 0 Å². The summed E-state index contributed by atoms with van der Waals surface area (Å²) < 4.78 is 0. The molecule has 0 aromatic heterocycles. The lowest BCUT2D eigenvalue weighted by Crippen LogP contribution is -2.38. The molecule has 0 aliphatic rings. The van der Waals surface area contributed by atoms with Crippen LogP contribution in [0.25, 0.3) is 0 Å². The summed E-state index contributed by atoms with van der Waals surface area (Å²) in [5.74, 6) is 0. The van der Waals surface area contributed by atoms with Crippen LogP contribution in [0.1, 0.15) is 13.8 Å². The lowest BCUT2D eigenvalue weighted by molar-refractivity contribution is -0.417. The molecule has 0 heterocycles. The molecule has 0 saturated heterocycles. The van der Waals surface area contributed by atoms with Crippen LogP contribution in [-0.2, 0) is 0 Å². The van der Waals surface area contributed by atoms with Gasteiger partial charge in [-0.2, -0.15) is 0 Å². The minimum atomic E-state index is -0.620. The predicted molar refractivity (Wildman–Crippen MR) is 23.1 cm³/mol. The van der Waals surface area contributed by atoms with E-state index in [-0.39, 0.29) is 6.04 Å². The van der Waals surface area contributed by atoms with E-state index in [0.717, 1.165) is 0 Å². The van der Waals surface area contributed by atoms with E-state index < -0.39 is 6.10 Å².